The lowest BCUT2D eigenvalue weighted by molar-refractivity contribution is -0.132. The number of rotatable bonds is 6. The minimum Gasteiger partial charge on any atom is -0.354 e. The third kappa shape index (κ3) is 5.62. The van der Waals surface area contributed by atoms with Crippen molar-refractivity contribution in [2.24, 2.45) is 0 Å². The van der Waals surface area contributed by atoms with E-state index in [0.717, 1.165) is 19.3 Å². The van der Waals surface area contributed by atoms with Crippen LogP contribution in [0.2, 0.25) is 0 Å². The maximum atomic E-state index is 11.8. The highest BCUT2D eigenvalue weighted by Crippen LogP contribution is 2.22. The molecule has 1 saturated carbocycles. The first-order valence-corrected chi connectivity index (χ1v) is 7.61. The van der Waals surface area contributed by atoms with E-state index in [1.165, 1.54) is 19.3 Å². The van der Waals surface area contributed by atoms with E-state index in [0.29, 0.717) is 19.0 Å². The van der Waals surface area contributed by atoms with Crippen molar-refractivity contribution in [3.8, 4) is 0 Å². The highest BCUT2D eigenvalue weighted by Gasteiger charge is 2.23. The molecule has 4 nitrogen and oxygen atoms in total. The lowest BCUT2D eigenvalue weighted by atomic mass is 9.94. The van der Waals surface area contributed by atoms with Crippen molar-refractivity contribution < 1.29 is 9.59 Å². The zero-order valence-corrected chi connectivity index (χ0v) is 12.6. The van der Waals surface area contributed by atoms with Crippen LogP contribution in [0.5, 0.6) is 0 Å². The Hall–Kier alpha value is -1.06. The number of hydrogen-bond donors (Lipinski definition) is 1. The number of carbonyl (C=O) groups is 2. The van der Waals surface area contributed by atoms with Gasteiger partial charge in [0.25, 0.3) is 0 Å². The molecular formula is C15H28N2O2. The molecule has 1 N–H and O–H groups in total. The minimum absolute atomic E-state index is 0.0522. The molecule has 1 aliphatic rings. The van der Waals surface area contributed by atoms with Gasteiger partial charge in [0.1, 0.15) is 0 Å². The SMILES string of the molecule is CCC(C)NC(=O)CCN(C(C)=O)C1CCCCC1. The predicted molar refractivity (Wildman–Crippen MR) is 76.8 cm³/mol. The van der Waals surface area contributed by atoms with Crippen LogP contribution in [-0.2, 0) is 9.59 Å². The lowest BCUT2D eigenvalue weighted by Gasteiger charge is -2.33. The van der Waals surface area contributed by atoms with Crippen LogP contribution in [0.1, 0.15) is 65.7 Å². The zero-order valence-electron chi connectivity index (χ0n) is 12.6. The Balaban J connectivity index is 2.41. The number of hydrogen-bond acceptors (Lipinski definition) is 2. The molecule has 1 rings (SSSR count). The van der Waals surface area contributed by atoms with Crippen molar-refractivity contribution >= 4 is 11.8 Å². The van der Waals surface area contributed by atoms with Crippen LogP contribution in [-0.4, -0.2) is 35.3 Å². The Morgan fingerprint density at radius 1 is 1.26 bits per heavy atom. The largest absolute Gasteiger partial charge is 0.354 e. The van der Waals surface area contributed by atoms with E-state index in [-0.39, 0.29) is 17.9 Å². The van der Waals surface area contributed by atoms with Crippen molar-refractivity contribution in [3.63, 3.8) is 0 Å². The van der Waals surface area contributed by atoms with Gasteiger partial charge in [-0.3, -0.25) is 9.59 Å². The van der Waals surface area contributed by atoms with E-state index in [1.807, 2.05) is 11.8 Å². The molecular weight excluding hydrogens is 240 g/mol. The van der Waals surface area contributed by atoms with Gasteiger partial charge < -0.3 is 10.2 Å². The summed E-state index contributed by atoms with van der Waals surface area (Å²) in [6.45, 7) is 6.22. The fraction of sp³-hybridized carbons (Fsp3) is 0.867. The maximum Gasteiger partial charge on any atom is 0.221 e. The van der Waals surface area contributed by atoms with Crippen molar-refractivity contribution in [1.29, 1.82) is 0 Å². The standard InChI is InChI=1S/C15H28N2O2/c1-4-12(2)16-15(19)10-11-17(13(3)18)14-8-6-5-7-9-14/h12,14H,4-11H2,1-3H3,(H,16,19). The molecule has 0 bridgehead atoms. The fourth-order valence-electron chi connectivity index (χ4n) is 2.66. The second-order valence-corrected chi connectivity index (χ2v) is 5.63. The van der Waals surface area contributed by atoms with Gasteiger partial charge in [0.05, 0.1) is 0 Å². The van der Waals surface area contributed by atoms with Gasteiger partial charge in [-0.25, -0.2) is 0 Å². The van der Waals surface area contributed by atoms with Gasteiger partial charge in [-0.05, 0) is 26.2 Å². The molecule has 0 aromatic heterocycles. The Labute approximate surface area is 116 Å². The van der Waals surface area contributed by atoms with Crippen LogP contribution in [0, 0.1) is 0 Å². The fourth-order valence-corrected chi connectivity index (χ4v) is 2.66. The average Bonchev–Trinajstić information content (AvgIpc) is 2.39. The minimum atomic E-state index is 0.0522. The number of nitrogens with one attached hydrogen (secondary N) is 1. The number of carbonyl (C=O) groups excluding carboxylic acids is 2. The van der Waals surface area contributed by atoms with Crippen molar-refractivity contribution in [2.75, 3.05) is 6.54 Å². The summed E-state index contributed by atoms with van der Waals surface area (Å²) in [5.41, 5.74) is 0. The Morgan fingerprint density at radius 3 is 2.42 bits per heavy atom. The molecule has 0 aromatic rings. The van der Waals surface area contributed by atoms with Crippen LogP contribution < -0.4 is 5.32 Å². The van der Waals surface area contributed by atoms with Gasteiger partial charge in [0, 0.05) is 32.0 Å². The third-order valence-corrected chi connectivity index (χ3v) is 4.02. The molecule has 2 amide bonds. The first-order chi connectivity index (χ1) is 9.04. The summed E-state index contributed by atoms with van der Waals surface area (Å²) in [5, 5.41) is 2.95. The molecule has 0 aromatic carbocycles. The Morgan fingerprint density at radius 2 is 1.89 bits per heavy atom. The summed E-state index contributed by atoms with van der Waals surface area (Å²) in [4.78, 5) is 25.4. The van der Waals surface area contributed by atoms with E-state index in [1.54, 1.807) is 6.92 Å². The third-order valence-electron chi connectivity index (χ3n) is 4.02. The van der Waals surface area contributed by atoms with Gasteiger partial charge in [0.15, 0.2) is 0 Å². The summed E-state index contributed by atoms with van der Waals surface area (Å²) in [6.07, 6.45) is 7.21. The van der Waals surface area contributed by atoms with Crippen LogP contribution in [0.3, 0.4) is 0 Å². The van der Waals surface area contributed by atoms with E-state index < -0.39 is 0 Å². The summed E-state index contributed by atoms with van der Waals surface area (Å²) >= 11 is 0. The van der Waals surface area contributed by atoms with E-state index in [4.69, 9.17) is 0 Å². The summed E-state index contributed by atoms with van der Waals surface area (Å²) in [7, 11) is 0. The smallest absolute Gasteiger partial charge is 0.221 e. The summed E-state index contributed by atoms with van der Waals surface area (Å²) in [6, 6.07) is 0.565. The highest BCUT2D eigenvalue weighted by molar-refractivity contribution is 5.78. The number of nitrogens with zero attached hydrogens (tertiary/aromatic N) is 1. The molecule has 110 valence electrons. The van der Waals surface area contributed by atoms with Crippen LogP contribution in [0.4, 0.5) is 0 Å². The highest BCUT2D eigenvalue weighted by atomic mass is 16.2. The Kier molecular flexibility index (Phi) is 6.89. The lowest BCUT2D eigenvalue weighted by Crippen LogP contribution is -2.43. The topological polar surface area (TPSA) is 49.4 Å². The maximum absolute atomic E-state index is 11.8. The normalized spacial score (nSPS) is 17.8. The quantitative estimate of drug-likeness (QED) is 0.804. The second-order valence-electron chi connectivity index (χ2n) is 5.63. The van der Waals surface area contributed by atoms with Gasteiger partial charge in [-0.1, -0.05) is 26.2 Å². The second kappa shape index (κ2) is 8.18. The molecule has 19 heavy (non-hydrogen) atoms. The molecule has 0 radical (unpaired) electrons. The predicted octanol–water partition coefficient (Wildman–Crippen LogP) is 2.47. The van der Waals surface area contributed by atoms with Gasteiger partial charge >= 0.3 is 0 Å². The first kappa shape index (κ1) is 16.0. The molecule has 1 aliphatic carbocycles. The summed E-state index contributed by atoms with van der Waals surface area (Å²) in [5.74, 6) is 0.152. The van der Waals surface area contributed by atoms with E-state index in [2.05, 4.69) is 12.2 Å². The van der Waals surface area contributed by atoms with Crippen LogP contribution in [0.15, 0.2) is 0 Å². The molecule has 1 atom stereocenters. The van der Waals surface area contributed by atoms with Crippen molar-refractivity contribution in [1.82, 2.24) is 10.2 Å². The monoisotopic (exact) mass is 268 g/mol. The molecule has 1 unspecified atom stereocenters. The van der Waals surface area contributed by atoms with Crippen LogP contribution in [0.25, 0.3) is 0 Å². The van der Waals surface area contributed by atoms with Crippen molar-refractivity contribution in [3.05, 3.63) is 0 Å². The van der Waals surface area contributed by atoms with E-state index in [9.17, 15) is 9.59 Å². The van der Waals surface area contributed by atoms with E-state index >= 15 is 0 Å². The molecule has 1 fully saturated rings. The van der Waals surface area contributed by atoms with Gasteiger partial charge in [-0.15, -0.1) is 0 Å². The van der Waals surface area contributed by atoms with Gasteiger partial charge in [-0.2, -0.15) is 0 Å². The van der Waals surface area contributed by atoms with Crippen LogP contribution >= 0.6 is 0 Å². The molecule has 0 saturated heterocycles. The summed E-state index contributed by atoms with van der Waals surface area (Å²) < 4.78 is 0. The molecule has 4 heteroatoms. The molecule has 0 aliphatic heterocycles. The van der Waals surface area contributed by atoms with Crippen molar-refractivity contribution in [2.45, 2.75) is 77.8 Å². The molecule has 0 heterocycles. The first-order valence-electron chi connectivity index (χ1n) is 7.61. The van der Waals surface area contributed by atoms with Gasteiger partial charge in [0.2, 0.25) is 11.8 Å². The zero-order chi connectivity index (χ0) is 14.3. The number of amides is 2. The average molecular weight is 268 g/mol. The Bertz CT molecular complexity index is 299. The molecule has 0 spiro atoms.